The molecule has 1 saturated heterocycles. The average molecular weight is 403 g/mol. The number of rotatable bonds is 5. The minimum absolute atomic E-state index is 0.0704. The normalized spacial score (nSPS) is 28.4. The first-order valence-electron chi connectivity index (χ1n) is 9.14. The van der Waals surface area contributed by atoms with Gasteiger partial charge in [0.1, 0.15) is 6.04 Å². The Morgan fingerprint density at radius 2 is 1.79 bits per heavy atom. The molecule has 0 spiro atoms. The number of ether oxygens (including phenoxy) is 1. The van der Waals surface area contributed by atoms with Gasteiger partial charge in [0, 0.05) is 0 Å². The molecule has 3 amide bonds. The van der Waals surface area contributed by atoms with Crippen molar-refractivity contribution in [2.24, 2.45) is 23.7 Å². The van der Waals surface area contributed by atoms with Crippen LogP contribution in [0.3, 0.4) is 0 Å². The molecule has 0 unspecified atom stereocenters. The highest BCUT2D eigenvalue weighted by molar-refractivity contribution is 6.33. The summed E-state index contributed by atoms with van der Waals surface area (Å²) in [5, 5.41) is 2.90. The molecule has 4 rings (SSSR count). The third-order valence-electron chi connectivity index (χ3n) is 5.73. The average Bonchev–Trinajstić information content (AvgIpc) is 3.35. The van der Waals surface area contributed by atoms with Crippen LogP contribution in [0.25, 0.3) is 0 Å². The summed E-state index contributed by atoms with van der Waals surface area (Å²) < 4.78 is 5.02. The highest BCUT2D eigenvalue weighted by Gasteiger charge is 2.60. The number of hydrogen-bond donors (Lipinski definition) is 1. The topological polar surface area (TPSA) is 92.8 Å². The van der Waals surface area contributed by atoms with Crippen molar-refractivity contribution < 1.29 is 23.9 Å². The molecule has 2 fully saturated rings. The summed E-state index contributed by atoms with van der Waals surface area (Å²) in [7, 11) is 0. The first-order valence-corrected chi connectivity index (χ1v) is 9.52. The Balaban J connectivity index is 1.35. The second-order valence-corrected chi connectivity index (χ2v) is 7.77. The number of para-hydroxylation sites is 1. The summed E-state index contributed by atoms with van der Waals surface area (Å²) in [4.78, 5) is 50.8. The van der Waals surface area contributed by atoms with E-state index in [-0.39, 0.29) is 35.5 Å². The highest BCUT2D eigenvalue weighted by atomic mass is 35.5. The van der Waals surface area contributed by atoms with Gasteiger partial charge in [0.25, 0.3) is 5.91 Å². The lowest BCUT2D eigenvalue weighted by Gasteiger charge is -2.23. The van der Waals surface area contributed by atoms with Crippen molar-refractivity contribution in [3.05, 3.63) is 41.4 Å². The summed E-state index contributed by atoms with van der Waals surface area (Å²) in [6.45, 7) is 0.908. The summed E-state index contributed by atoms with van der Waals surface area (Å²) >= 11 is 5.97. The van der Waals surface area contributed by atoms with Gasteiger partial charge in [0.15, 0.2) is 6.61 Å². The number of fused-ring (bicyclic) bond motifs is 5. The number of esters is 1. The largest absolute Gasteiger partial charge is 0.454 e. The minimum atomic E-state index is -1.07. The number of carbonyl (C=O) groups excluding carboxylic acids is 4. The second kappa shape index (κ2) is 7.05. The van der Waals surface area contributed by atoms with Crippen molar-refractivity contribution in [2.75, 3.05) is 11.9 Å². The molecule has 1 saturated carbocycles. The zero-order valence-corrected chi connectivity index (χ0v) is 15.9. The number of carbonyl (C=O) groups is 4. The van der Waals surface area contributed by atoms with E-state index in [9.17, 15) is 19.2 Å². The Kier molecular flexibility index (Phi) is 4.71. The van der Waals surface area contributed by atoms with E-state index >= 15 is 0 Å². The van der Waals surface area contributed by atoms with Gasteiger partial charge in [-0.25, -0.2) is 4.79 Å². The Labute approximate surface area is 166 Å². The van der Waals surface area contributed by atoms with Gasteiger partial charge in [-0.05, 0) is 37.3 Å². The molecule has 146 valence electrons. The summed E-state index contributed by atoms with van der Waals surface area (Å²) in [5.41, 5.74) is 0.402. The molecule has 1 aliphatic heterocycles. The van der Waals surface area contributed by atoms with Gasteiger partial charge >= 0.3 is 5.97 Å². The van der Waals surface area contributed by atoms with Gasteiger partial charge in [0.2, 0.25) is 11.8 Å². The zero-order valence-electron chi connectivity index (χ0n) is 15.1. The Bertz CT molecular complexity index is 868. The molecule has 3 aliphatic rings. The van der Waals surface area contributed by atoms with Crippen LogP contribution in [0.2, 0.25) is 5.02 Å². The number of amides is 3. The van der Waals surface area contributed by atoms with E-state index in [0.29, 0.717) is 10.7 Å². The van der Waals surface area contributed by atoms with E-state index < -0.39 is 24.5 Å². The van der Waals surface area contributed by atoms with Crippen LogP contribution >= 0.6 is 11.6 Å². The van der Waals surface area contributed by atoms with E-state index in [0.717, 1.165) is 11.3 Å². The lowest BCUT2D eigenvalue weighted by Crippen LogP contribution is -2.45. The summed E-state index contributed by atoms with van der Waals surface area (Å²) in [6, 6.07) is 5.60. The maximum absolute atomic E-state index is 12.7. The lowest BCUT2D eigenvalue weighted by atomic mass is 9.85. The number of nitrogens with one attached hydrogen (secondary N) is 1. The molecular weight excluding hydrogens is 384 g/mol. The van der Waals surface area contributed by atoms with E-state index in [4.69, 9.17) is 16.3 Å². The van der Waals surface area contributed by atoms with Gasteiger partial charge in [0.05, 0.1) is 22.5 Å². The minimum Gasteiger partial charge on any atom is -0.454 e. The van der Waals surface area contributed by atoms with Crippen molar-refractivity contribution in [3.63, 3.8) is 0 Å². The Morgan fingerprint density at radius 1 is 1.18 bits per heavy atom. The van der Waals surface area contributed by atoms with Gasteiger partial charge in [-0.15, -0.1) is 0 Å². The molecule has 2 bridgehead atoms. The molecule has 0 aromatic heterocycles. The third-order valence-corrected chi connectivity index (χ3v) is 6.06. The number of imide groups is 1. The molecule has 28 heavy (non-hydrogen) atoms. The zero-order chi connectivity index (χ0) is 20.0. The van der Waals surface area contributed by atoms with Gasteiger partial charge in [-0.1, -0.05) is 35.9 Å². The monoisotopic (exact) mass is 402 g/mol. The number of nitrogens with zero attached hydrogens (tertiary/aromatic N) is 1. The summed E-state index contributed by atoms with van der Waals surface area (Å²) in [5.74, 6) is -2.61. The van der Waals surface area contributed by atoms with Crippen molar-refractivity contribution in [1.82, 2.24) is 4.90 Å². The first kappa shape index (κ1) is 18.7. The lowest BCUT2D eigenvalue weighted by molar-refractivity contribution is -0.159. The van der Waals surface area contributed by atoms with Crippen LogP contribution in [0, 0.1) is 23.7 Å². The van der Waals surface area contributed by atoms with Gasteiger partial charge in [-0.3, -0.25) is 19.3 Å². The fraction of sp³-hybridized carbons (Fsp3) is 0.400. The van der Waals surface area contributed by atoms with Gasteiger partial charge < -0.3 is 10.1 Å². The van der Waals surface area contributed by atoms with Crippen molar-refractivity contribution in [3.8, 4) is 0 Å². The molecule has 0 radical (unpaired) electrons. The number of allylic oxidation sites excluding steroid dienone is 2. The van der Waals surface area contributed by atoms with Crippen LogP contribution in [0.5, 0.6) is 0 Å². The van der Waals surface area contributed by atoms with Crippen LogP contribution in [0.15, 0.2) is 36.4 Å². The van der Waals surface area contributed by atoms with Crippen LogP contribution in [0.1, 0.15) is 13.3 Å². The number of hydrogen-bond acceptors (Lipinski definition) is 5. The SMILES string of the molecule is C[C@H](C(=O)OCC(=O)Nc1ccccc1Cl)N1C(=O)[C@H]2[C@H](C1=O)[C@H]1C=C[C@H]2C1. The molecule has 1 heterocycles. The molecule has 5 atom stereocenters. The maximum atomic E-state index is 12.7. The molecule has 1 aromatic carbocycles. The molecule has 2 aliphatic carbocycles. The molecular formula is C20H19ClN2O5. The fourth-order valence-electron chi connectivity index (χ4n) is 4.42. The van der Waals surface area contributed by atoms with Crippen molar-refractivity contribution >= 4 is 41.0 Å². The highest BCUT2D eigenvalue weighted by Crippen LogP contribution is 2.52. The molecule has 1 N–H and O–H groups in total. The first-order chi connectivity index (χ1) is 13.4. The summed E-state index contributed by atoms with van der Waals surface area (Å²) in [6.07, 6.45) is 4.80. The Morgan fingerprint density at radius 3 is 2.39 bits per heavy atom. The predicted molar refractivity (Wildman–Crippen MR) is 100 cm³/mol. The number of likely N-dealkylation sites (tertiary alicyclic amines) is 1. The van der Waals surface area contributed by atoms with Crippen molar-refractivity contribution in [1.29, 1.82) is 0 Å². The number of benzene rings is 1. The van der Waals surface area contributed by atoms with Gasteiger partial charge in [-0.2, -0.15) is 0 Å². The van der Waals surface area contributed by atoms with E-state index in [1.165, 1.54) is 6.92 Å². The van der Waals surface area contributed by atoms with E-state index in [1.807, 2.05) is 12.2 Å². The Hall–Kier alpha value is -2.67. The molecule has 7 nitrogen and oxygen atoms in total. The fourth-order valence-corrected chi connectivity index (χ4v) is 4.60. The van der Waals surface area contributed by atoms with Crippen molar-refractivity contribution in [2.45, 2.75) is 19.4 Å². The maximum Gasteiger partial charge on any atom is 0.329 e. The standard InChI is InChI=1S/C20H19ClN2O5/c1-10(20(27)28-9-15(24)22-14-5-3-2-4-13(14)21)23-18(25)16-11-6-7-12(8-11)17(16)19(23)26/h2-7,10-12,16-17H,8-9H2,1H3,(H,22,24)/t10-,11+,12+,16-,17-/m1/s1. The van der Waals surface area contributed by atoms with E-state index in [2.05, 4.69) is 5.32 Å². The number of anilines is 1. The quantitative estimate of drug-likeness (QED) is 0.462. The molecule has 1 aromatic rings. The number of halogens is 1. The van der Waals surface area contributed by atoms with Crippen LogP contribution < -0.4 is 5.32 Å². The van der Waals surface area contributed by atoms with Crippen LogP contribution in [0.4, 0.5) is 5.69 Å². The molecule has 8 heteroatoms. The second-order valence-electron chi connectivity index (χ2n) is 7.36. The van der Waals surface area contributed by atoms with Crippen LogP contribution in [-0.4, -0.2) is 41.2 Å². The predicted octanol–water partition coefficient (Wildman–Crippen LogP) is 2.02. The van der Waals surface area contributed by atoms with E-state index in [1.54, 1.807) is 24.3 Å². The smallest absolute Gasteiger partial charge is 0.329 e. The third kappa shape index (κ3) is 2.99. The van der Waals surface area contributed by atoms with Crippen LogP contribution in [-0.2, 0) is 23.9 Å².